The van der Waals surface area contributed by atoms with E-state index in [9.17, 15) is 22.8 Å². The number of ether oxygens (including phenoxy) is 3. The van der Waals surface area contributed by atoms with Gasteiger partial charge >= 0.3 is 0 Å². The van der Waals surface area contributed by atoms with Crippen LogP contribution in [0.15, 0.2) is 29.1 Å². The van der Waals surface area contributed by atoms with Crippen LogP contribution in [0.5, 0.6) is 17.2 Å². The summed E-state index contributed by atoms with van der Waals surface area (Å²) in [6.45, 7) is 3.78. The molecule has 15 heteroatoms. The maximum atomic E-state index is 14.1. The molecule has 2 saturated heterocycles. The van der Waals surface area contributed by atoms with E-state index in [1.165, 1.54) is 24.4 Å². The fraction of sp³-hybridized carbons (Fsp3) is 0.583. The van der Waals surface area contributed by atoms with Crippen LogP contribution in [0.1, 0.15) is 62.6 Å². The third-order valence-electron chi connectivity index (χ3n) is 9.89. The van der Waals surface area contributed by atoms with Crippen LogP contribution >= 0.6 is 11.8 Å². The van der Waals surface area contributed by atoms with E-state index in [4.69, 9.17) is 14.2 Å². The third kappa shape index (κ3) is 8.58. The van der Waals surface area contributed by atoms with Gasteiger partial charge in [0.25, 0.3) is 10.2 Å². The Hall–Kier alpha value is -3.53. The zero-order chi connectivity index (χ0) is 36.7. The van der Waals surface area contributed by atoms with Gasteiger partial charge in [-0.3, -0.25) is 14.4 Å². The number of fused-ring (bicyclic) bond motifs is 3. The van der Waals surface area contributed by atoms with Crippen LogP contribution in [-0.4, -0.2) is 112 Å². The van der Waals surface area contributed by atoms with Crippen molar-refractivity contribution in [2.24, 2.45) is 0 Å². The second kappa shape index (κ2) is 17.3. The van der Waals surface area contributed by atoms with E-state index in [0.29, 0.717) is 86.0 Å². The molecule has 0 radical (unpaired) electrons. The van der Waals surface area contributed by atoms with E-state index < -0.39 is 22.3 Å². The Morgan fingerprint density at radius 2 is 1.63 bits per heavy atom. The van der Waals surface area contributed by atoms with Crippen molar-refractivity contribution >= 4 is 39.5 Å². The van der Waals surface area contributed by atoms with E-state index in [2.05, 4.69) is 10.6 Å². The number of rotatable bonds is 12. The van der Waals surface area contributed by atoms with Crippen LogP contribution in [0.25, 0.3) is 11.1 Å². The fourth-order valence-electron chi connectivity index (χ4n) is 7.33. The molecule has 3 aliphatic rings. The second-order valence-corrected chi connectivity index (χ2v) is 16.0. The van der Waals surface area contributed by atoms with Crippen molar-refractivity contribution < 1.29 is 32.2 Å². The molecule has 0 aromatic heterocycles. The van der Waals surface area contributed by atoms with Crippen molar-refractivity contribution in [3.63, 3.8) is 0 Å². The van der Waals surface area contributed by atoms with Crippen LogP contribution in [-0.2, 0) is 26.2 Å². The molecule has 2 aromatic carbocycles. The van der Waals surface area contributed by atoms with E-state index in [-0.39, 0.29) is 36.0 Å². The number of nitrogens with one attached hydrogen (secondary N) is 2. The highest BCUT2D eigenvalue weighted by Gasteiger charge is 2.34. The molecule has 5 rings (SSSR count). The summed E-state index contributed by atoms with van der Waals surface area (Å²) in [6, 6.07) is 5.78. The predicted octanol–water partition coefficient (Wildman–Crippen LogP) is 3.66. The van der Waals surface area contributed by atoms with Gasteiger partial charge in [-0.05, 0) is 85.4 Å². The maximum Gasteiger partial charge on any atom is 0.282 e. The number of hydrogen-bond acceptors (Lipinski definition) is 10. The van der Waals surface area contributed by atoms with Gasteiger partial charge in [0.15, 0.2) is 11.5 Å². The zero-order valence-corrected chi connectivity index (χ0v) is 31.9. The van der Waals surface area contributed by atoms with E-state index >= 15 is 0 Å². The Morgan fingerprint density at radius 3 is 2.29 bits per heavy atom. The smallest absolute Gasteiger partial charge is 0.282 e. The van der Waals surface area contributed by atoms with Crippen LogP contribution in [0, 0.1) is 0 Å². The third-order valence-corrected chi connectivity index (χ3v) is 12.6. The van der Waals surface area contributed by atoms with Gasteiger partial charge in [0.1, 0.15) is 6.04 Å². The Morgan fingerprint density at radius 1 is 0.922 bits per heavy atom. The molecule has 0 spiro atoms. The summed E-state index contributed by atoms with van der Waals surface area (Å²) >= 11 is 1.60. The molecule has 51 heavy (non-hydrogen) atoms. The molecule has 0 saturated carbocycles. The number of piperidine rings is 1. The lowest BCUT2D eigenvalue weighted by Gasteiger charge is -2.31. The average molecular weight is 746 g/mol. The molecule has 2 N–H and O–H groups in total. The van der Waals surface area contributed by atoms with Gasteiger partial charge in [0.05, 0.1) is 33.1 Å². The molecule has 2 aliphatic heterocycles. The predicted molar refractivity (Wildman–Crippen MR) is 200 cm³/mol. The Balaban J connectivity index is 1.48. The number of thioether (sulfide) groups is 1. The topological polar surface area (TPSA) is 147 Å². The number of hydrogen-bond donors (Lipinski definition) is 2. The lowest BCUT2D eigenvalue weighted by atomic mass is 9.95. The number of benzene rings is 1. The van der Waals surface area contributed by atoms with Crippen molar-refractivity contribution in [1.82, 2.24) is 18.8 Å². The molecular weight excluding hydrogens is 695 g/mol. The molecule has 1 aliphatic carbocycles. The van der Waals surface area contributed by atoms with Crippen LogP contribution in [0.3, 0.4) is 0 Å². The largest absolute Gasteiger partial charge is 0.493 e. The molecule has 2 aromatic rings. The number of amides is 2. The fourth-order valence-corrected chi connectivity index (χ4v) is 9.52. The summed E-state index contributed by atoms with van der Waals surface area (Å²) in [5.74, 6) is 1.66. The second-order valence-electron chi connectivity index (χ2n) is 13.1. The van der Waals surface area contributed by atoms with Gasteiger partial charge in [-0.25, -0.2) is 0 Å². The molecule has 13 nitrogen and oxygen atoms in total. The monoisotopic (exact) mass is 745 g/mol. The molecular formula is C36H51N5O8S2. The SMILES string of the molecule is COc1cc2c(c(OC)c1OC)-c1ccc(NC(CCSC)C(=O)N3CCCN(S(=O)(=O)N4CCCCC4)CC3)c(=O)cc1C(NC(C)=O)CC2. The first-order chi connectivity index (χ1) is 24.5. The molecule has 2 heterocycles. The summed E-state index contributed by atoms with van der Waals surface area (Å²) in [5, 5.41) is 6.30. The maximum absolute atomic E-state index is 14.1. The lowest BCUT2D eigenvalue weighted by Crippen LogP contribution is -2.48. The quantitative estimate of drug-likeness (QED) is 0.330. The average Bonchev–Trinajstić information content (AvgIpc) is 3.53. The van der Waals surface area contributed by atoms with Gasteiger partial charge in [0.2, 0.25) is 23.0 Å². The summed E-state index contributed by atoms with van der Waals surface area (Å²) in [4.78, 5) is 42.3. The normalized spacial score (nSPS) is 19.1. The Kier molecular flexibility index (Phi) is 13.1. The lowest BCUT2D eigenvalue weighted by molar-refractivity contribution is -0.132. The number of anilines is 1. The number of aryl methyl sites for hydroxylation is 1. The van der Waals surface area contributed by atoms with E-state index in [1.54, 1.807) is 41.3 Å². The number of carbonyl (C=O) groups excluding carboxylic acids is 2. The minimum Gasteiger partial charge on any atom is -0.493 e. The summed E-state index contributed by atoms with van der Waals surface area (Å²) in [6.07, 6.45) is 6.81. The molecule has 2 atom stereocenters. The minimum atomic E-state index is -3.59. The standard InChI is InChI=1S/C36H51N5O8S2/c1-24(42)37-28-12-10-25-22-32(47-2)34(48-3)35(49-4)33(25)26-11-13-29(31(43)23-27(26)28)38-30(14-21-50-5)36(44)39-15-9-18-41(20-19-39)51(45,46)40-16-7-6-8-17-40/h11,13,22-23,28,30H,6-10,12,14-21H2,1-5H3,(H,37,42)(H,38,43). The van der Waals surface area contributed by atoms with Gasteiger partial charge in [-0.2, -0.15) is 28.8 Å². The Labute approximate surface area is 305 Å². The van der Waals surface area contributed by atoms with Gasteiger partial charge in [-0.15, -0.1) is 0 Å². The van der Waals surface area contributed by atoms with Gasteiger partial charge < -0.3 is 29.7 Å². The first-order valence-corrected chi connectivity index (χ1v) is 20.4. The number of nitrogens with zero attached hydrogens (tertiary/aromatic N) is 3. The number of carbonyl (C=O) groups is 2. The van der Waals surface area contributed by atoms with Crippen molar-refractivity contribution in [2.45, 2.75) is 64.0 Å². The van der Waals surface area contributed by atoms with Gasteiger partial charge in [0, 0.05) is 51.8 Å². The highest BCUT2D eigenvalue weighted by Crippen LogP contribution is 2.50. The van der Waals surface area contributed by atoms with Crippen LogP contribution in [0.4, 0.5) is 5.69 Å². The van der Waals surface area contributed by atoms with E-state index in [0.717, 1.165) is 30.4 Å². The van der Waals surface area contributed by atoms with Gasteiger partial charge in [-0.1, -0.05) is 12.5 Å². The first kappa shape index (κ1) is 38.7. The van der Waals surface area contributed by atoms with Crippen molar-refractivity contribution in [3.8, 4) is 28.4 Å². The first-order valence-electron chi connectivity index (χ1n) is 17.6. The van der Waals surface area contributed by atoms with E-state index in [1.807, 2.05) is 18.4 Å². The molecule has 0 bridgehead atoms. The minimum absolute atomic E-state index is 0.172. The summed E-state index contributed by atoms with van der Waals surface area (Å²) in [5.41, 5.74) is 2.89. The zero-order valence-electron chi connectivity index (χ0n) is 30.3. The number of methoxy groups -OCH3 is 3. The molecule has 2 fully saturated rings. The highest BCUT2D eigenvalue weighted by molar-refractivity contribution is 7.98. The summed E-state index contributed by atoms with van der Waals surface area (Å²) < 4.78 is 47.1. The van der Waals surface area contributed by atoms with Crippen LogP contribution in [0.2, 0.25) is 0 Å². The van der Waals surface area contributed by atoms with Crippen molar-refractivity contribution in [1.29, 1.82) is 0 Å². The molecule has 2 unspecified atom stereocenters. The summed E-state index contributed by atoms with van der Waals surface area (Å²) in [7, 11) is 1.05. The molecule has 2 amide bonds. The molecule has 280 valence electrons. The Bertz CT molecular complexity index is 1750. The van der Waals surface area contributed by atoms with Crippen molar-refractivity contribution in [3.05, 3.63) is 45.6 Å². The van der Waals surface area contributed by atoms with Crippen molar-refractivity contribution in [2.75, 3.05) is 77.9 Å². The van der Waals surface area contributed by atoms with Crippen LogP contribution < -0.4 is 30.3 Å². The highest BCUT2D eigenvalue weighted by atomic mass is 32.2.